The van der Waals surface area contributed by atoms with Crippen LogP contribution in [-0.4, -0.2) is 100 Å². The largest absolute Gasteiger partial charge is 0.466 e. The molecule has 1 heterocycles. The van der Waals surface area contributed by atoms with Crippen molar-refractivity contribution in [3.8, 4) is 0 Å². The third-order valence-electron chi connectivity index (χ3n) is 11.6. The van der Waals surface area contributed by atoms with E-state index in [0.29, 0.717) is 32.3 Å². The Hall–Kier alpha value is -2.38. The molecule has 7 unspecified atom stereocenters. The summed E-state index contributed by atoms with van der Waals surface area (Å²) in [6.45, 7) is 4.16. The number of allylic oxidation sites excluding steroid dienone is 7. The van der Waals surface area contributed by atoms with E-state index < -0.39 is 49.5 Å². The Bertz CT molecular complexity index is 1190. The third kappa shape index (κ3) is 32.9. The van der Waals surface area contributed by atoms with Crippen LogP contribution in [0.25, 0.3) is 0 Å². The number of hydrogen-bond donors (Lipinski definition) is 6. The molecule has 366 valence electrons. The van der Waals surface area contributed by atoms with E-state index in [-0.39, 0.29) is 18.5 Å². The molecule has 11 nitrogen and oxygen atoms in total. The number of nitrogens with one attached hydrogen (secondary N) is 1. The highest BCUT2D eigenvalue weighted by Crippen LogP contribution is 2.22. The highest BCUT2D eigenvalue weighted by Gasteiger charge is 2.44. The van der Waals surface area contributed by atoms with Gasteiger partial charge in [-0.05, 0) is 83.5 Å². The Morgan fingerprint density at radius 1 is 0.571 bits per heavy atom. The van der Waals surface area contributed by atoms with Crippen LogP contribution in [0.15, 0.2) is 48.6 Å². The number of aliphatic hydroxyl groups is 5. The van der Waals surface area contributed by atoms with Crippen molar-refractivity contribution in [2.75, 3.05) is 19.8 Å². The molecule has 1 saturated heterocycles. The predicted molar refractivity (Wildman–Crippen MR) is 255 cm³/mol. The summed E-state index contributed by atoms with van der Waals surface area (Å²) < 4.78 is 16.6. The molecule has 7 atom stereocenters. The molecule has 0 aromatic heterocycles. The van der Waals surface area contributed by atoms with Gasteiger partial charge in [-0.25, -0.2) is 0 Å². The summed E-state index contributed by atoms with van der Waals surface area (Å²) >= 11 is 0. The van der Waals surface area contributed by atoms with Crippen LogP contribution in [0.4, 0.5) is 0 Å². The molecule has 63 heavy (non-hydrogen) atoms. The Labute approximate surface area is 383 Å². The molecule has 0 radical (unpaired) electrons. The van der Waals surface area contributed by atoms with Gasteiger partial charge in [-0.1, -0.05) is 159 Å². The summed E-state index contributed by atoms with van der Waals surface area (Å²) in [6.07, 6.45) is 40.4. The first-order valence-corrected chi connectivity index (χ1v) is 25.4. The van der Waals surface area contributed by atoms with E-state index in [1.54, 1.807) is 6.08 Å². The van der Waals surface area contributed by atoms with Gasteiger partial charge in [0.1, 0.15) is 24.4 Å². The zero-order valence-corrected chi connectivity index (χ0v) is 39.8. The van der Waals surface area contributed by atoms with Crippen LogP contribution >= 0.6 is 0 Å². The van der Waals surface area contributed by atoms with Crippen LogP contribution in [0, 0.1) is 0 Å². The van der Waals surface area contributed by atoms with Gasteiger partial charge < -0.3 is 45.1 Å². The van der Waals surface area contributed by atoms with Gasteiger partial charge in [0.05, 0.1) is 32.0 Å². The number of hydrogen-bond acceptors (Lipinski definition) is 10. The average Bonchev–Trinajstić information content (AvgIpc) is 3.28. The Balaban J connectivity index is 2.27. The predicted octanol–water partition coefficient (Wildman–Crippen LogP) is 10.2. The number of carbonyl (C=O) groups is 2. The highest BCUT2D eigenvalue weighted by molar-refractivity contribution is 5.76. The lowest BCUT2D eigenvalue weighted by molar-refractivity contribution is -0.302. The number of esters is 1. The van der Waals surface area contributed by atoms with Crippen LogP contribution in [0.1, 0.15) is 206 Å². The van der Waals surface area contributed by atoms with Crippen LogP contribution in [0.2, 0.25) is 0 Å². The van der Waals surface area contributed by atoms with Gasteiger partial charge in [0, 0.05) is 12.8 Å². The number of aliphatic hydroxyl groups excluding tert-OH is 5. The van der Waals surface area contributed by atoms with E-state index in [1.165, 1.54) is 77.0 Å². The van der Waals surface area contributed by atoms with Gasteiger partial charge in [0.25, 0.3) is 0 Å². The third-order valence-corrected chi connectivity index (χ3v) is 11.6. The van der Waals surface area contributed by atoms with E-state index in [9.17, 15) is 35.1 Å². The fourth-order valence-corrected chi connectivity index (χ4v) is 7.52. The Morgan fingerprint density at radius 3 is 1.60 bits per heavy atom. The normalized spacial score (nSPS) is 20.4. The molecule has 0 saturated carbocycles. The molecule has 0 aromatic carbocycles. The van der Waals surface area contributed by atoms with Crippen molar-refractivity contribution >= 4 is 11.9 Å². The van der Waals surface area contributed by atoms with Crippen LogP contribution in [-0.2, 0) is 23.8 Å². The maximum atomic E-state index is 13.0. The second-order valence-corrected chi connectivity index (χ2v) is 17.5. The molecule has 1 rings (SSSR count). The van der Waals surface area contributed by atoms with Crippen LogP contribution in [0.5, 0.6) is 0 Å². The summed E-state index contributed by atoms with van der Waals surface area (Å²) in [5, 5.41) is 54.1. The lowest BCUT2D eigenvalue weighted by Gasteiger charge is -2.40. The summed E-state index contributed by atoms with van der Waals surface area (Å²) in [5.74, 6) is -0.288. The average molecular weight is 892 g/mol. The van der Waals surface area contributed by atoms with Crippen molar-refractivity contribution in [1.29, 1.82) is 0 Å². The fourth-order valence-electron chi connectivity index (χ4n) is 7.52. The minimum atomic E-state index is -1.59. The Morgan fingerprint density at radius 2 is 1.03 bits per heavy atom. The van der Waals surface area contributed by atoms with Gasteiger partial charge in [-0.3, -0.25) is 9.59 Å². The van der Waals surface area contributed by atoms with Gasteiger partial charge in [0.15, 0.2) is 6.29 Å². The number of amides is 1. The second-order valence-electron chi connectivity index (χ2n) is 17.5. The first-order chi connectivity index (χ1) is 30.7. The quantitative estimate of drug-likeness (QED) is 0.0197. The summed E-state index contributed by atoms with van der Waals surface area (Å²) in [4.78, 5) is 25.0. The molecular weight excluding hydrogens is 799 g/mol. The molecule has 6 N–H and O–H groups in total. The van der Waals surface area contributed by atoms with Crippen molar-refractivity contribution in [1.82, 2.24) is 5.32 Å². The lowest BCUT2D eigenvalue weighted by atomic mass is 9.99. The lowest BCUT2D eigenvalue weighted by Crippen LogP contribution is -2.60. The smallest absolute Gasteiger partial charge is 0.305 e. The minimum absolute atomic E-state index is 0.0606. The van der Waals surface area contributed by atoms with E-state index in [2.05, 4.69) is 55.6 Å². The minimum Gasteiger partial charge on any atom is -0.466 e. The molecule has 0 spiro atoms. The van der Waals surface area contributed by atoms with Crippen LogP contribution < -0.4 is 5.32 Å². The van der Waals surface area contributed by atoms with Crippen molar-refractivity contribution in [2.24, 2.45) is 0 Å². The molecule has 1 amide bonds. The molecule has 1 aliphatic heterocycles. The fraction of sp³-hybridized carbons (Fsp3) is 0.808. The van der Waals surface area contributed by atoms with Crippen LogP contribution in [0.3, 0.4) is 0 Å². The molecule has 0 aliphatic carbocycles. The maximum Gasteiger partial charge on any atom is 0.305 e. The number of rotatable bonds is 42. The summed E-state index contributed by atoms with van der Waals surface area (Å²) in [6, 6.07) is -0.855. The number of carbonyl (C=O) groups excluding carboxylic acids is 2. The number of ether oxygens (including phenoxy) is 3. The van der Waals surface area contributed by atoms with E-state index in [0.717, 1.165) is 89.9 Å². The zero-order valence-electron chi connectivity index (χ0n) is 39.8. The first-order valence-electron chi connectivity index (χ1n) is 25.4. The molecular formula is C52H93NO10. The van der Waals surface area contributed by atoms with Gasteiger partial charge >= 0.3 is 5.97 Å². The molecule has 0 bridgehead atoms. The SMILES string of the molecule is CCCCC/C=C/CC/C=C/CC/C=C/C(O)C(COC1OC(CO)C(O)C(O)C1O)NC(=O)CCCCCCC/C=C\CCCCOC(=O)CCCCCCCCCCCCC. The van der Waals surface area contributed by atoms with Crippen molar-refractivity contribution in [3.63, 3.8) is 0 Å². The highest BCUT2D eigenvalue weighted by atomic mass is 16.7. The standard InChI is InChI=1S/C52H93NO10/c1-3-5-7-9-11-13-15-16-19-22-26-30-34-38-45(55)44(43-62-52-51(60)50(59)49(58)46(42-54)63-52)53-47(56)39-35-31-27-23-20-17-21-25-29-33-37-41-61-48(57)40-36-32-28-24-18-14-12-10-8-6-4-2/h11,13,19,21-22,25,34,38,44-46,49-52,54-55,58-60H,3-10,12,14-18,20,23-24,26-33,35-37,39-43H2,1-2H3,(H,53,56)/b13-11+,22-19+,25-21-,38-34+. The summed E-state index contributed by atoms with van der Waals surface area (Å²) in [7, 11) is 0. The first kappa shape index (κ1) is 58.6. The topological polar surface area (TPSA) is 175 Å². The van der Waals surface area contributed by atoms with E-state index in [1.807, 2.05) is 6.08 Å². The molecule has 1 aliphatic rings. The second kappa shape index (κ2) is 42.3. The van der Waals surface area contributed by atoms with Crippen molar-refractivity contribution < 1.29 is 49.3 Å². The van der Waals surface area contributed by atoms with Crippen molar-refractivity contribution in [2.45, 2.75) is 249 Å². The Kier molecular flexibility index (Phi) is 39.3. The van der Waals surface area contributed by atoms with Gasteiger partial charge in [-0.2, -0.15) is 0 Å². The number of unbranched alkanes of at least 4 members (excludes halogenated alkanes) is 22. The van der Waals surface area contributed by atoms with Gasteiger partial charge in [-0.15, -0.1) is 0 Å². The van der Waals surface area contributed by atoms with Gasteiger partial charge in [0.2, 0.25) is 5.91 Å². The zero-order chi connectivity index (χ0) is 46.0. The molecule has 11 heteroatoms. The van der Waals surface area contributed by atoms with Crippen molar-refractivity contribution in [3.05, 3.63) is 48.6 Å². The molecule has 0 aromatic rings. The van der Waals surface area contributed by atoms with E-state index in [4.69, 9.17) is 14.2 Å². The summed E-state index contributed by atoms with van der Waals surface area (Å²) in [5.41, 5.74) is 0. The van der Waals surface area contributed by atoms with E-state index >= 15 is 0 Å². The molecule has 1 fully saturated rings. The maximum absolute atomic E-state index is 13.0. The monoisotopic (exact) mass is 892 g/mol.